The van der Waals surface area contributed by atoms with Gasteiger partial charge in [0, 0.05) is 24.5 Å². The highest BCUT2D eigenvalue weighted by atomic mass is 32.1. The molecule has 4 heteroatoms. The smallest absolute Gasteiger partial charge is 0.148 e. The molecule has 1 aromatic heterocycles. The lowest BCUT2D eigenvalue weighted by atomic mass is 10.1. The Hall–Kier alpha value is -0.740. The fourth-order valence-corrected chi connectivity index (χ4v) is 2.56. The number of hydrogen-bond acceptors (Lipinski definition) is 4. The van der Waals surface area contributed by atoms with Gasteiger partial charge >= 0.3 is 0 Å². The van der Waals surface area contributed by atoms with Gasteiger partial charge in [-0.3, -0.25) is 9.69 Å². The minimum Gasteiger partial charge on any atom is -0.298 e. The molecule has 0 radical (unpaired) electrons. The highest BCUT2D eigenvalue weighted by molar-refractivity contribution is 7.09. The van der Waals surface area contributed by atoms with Crippen molar-refractivity contribution in [3.05, 3.63) is 16.6 Å². The largest absolute Gasteiger partial charge is 0.298 e. The molecule has 3 nitrogen and oxygen atoms in total. The highest BCUT2D eigenvalue weighted by Crippen LogP contribution is 2.31. The van der Waals surface area contributed by atoms with E-state index < -0.39 is 0 Å². The average Bonchev–Trinajstić information content (AvgIpc) is 2.72. The Morgan fingerprint density at radius 1 is 1.57 bits per heavy atom. The van der Waals surface area contributed by atoms with Crippen molar-refractivity contribution in [3.63, 3.8) is 0 Å². The number of Topliss-reactive ketones (excluding diaryl/α,β-unsaturated/α-hetero) is 1. The van der Waals surface area contributed by atoms with E-state index in [1.165, 1.54) is 0 Å². The second-order valence-corrected chi connectivity index (χ2v) is 5.00. The van der Waals surface area contributed by atoms with Gasteiger partial charge in [-0.15, -0.1) is 11.3 Å². The topological polar surface area (TPSA) is 33.2 Å². The second kappa shape index (κ2) is 3.44. The predicted molar refractivity (Wildman–Crippen MR) is 56.3 cm³/mol. The van der Waals surface area contributed by atoms with Crippen molar-refractivity contribution in [1.29, 1.82) is 0 Å². The van der Waals surface area contributed by atoms with Crippen molar-refractivity contribution in [2.24, 2.45) is 0 Å². The molecule has 0 unspecified atom stereocenters. The van der Waals surface area contributed by atoms with Gasteiger partial charge in [-0.25, -0.2) is 4.98 Å². The number of hydrogen-bond donors (Lipinski definition) is 0. The summed E-state index contributed by atoms with van der Waals surface area (Å²) in [7, 11) is 0. The van der Waals surface area contributed by atoms with Crippen LogP contribution in [-0.4, -0.2) is 28.8 Å². The molecule has 0 aliphatic carbocycles. The summed E-state index contributed by atoms with van der Waals surface area (Å²) < 4.78 is 0. The molecule has 1 aliphatic heterocycles. The zero-order chi connectivity index (χ0) is 10.2. The number of nitrogens with zero attached hydrogens (tertiary/aromatic N) is 2. The minimum absolute atomic E-state index is 0.0969. The number of thiazole rings is 1. The quantitative estimate of drug-likeness (QED) is 0.744. The van der Waals surface area contributed by atoms with Gasteiger partial charge in [-0.2, -0.15) is 0 Å². The van der Waals surface area contributed by atoms with Crippen LogP contribution in [0, 0.1) is 0 Å². The van der Waals surface area contributed by atoms with Crippen LogP contribution in [-0.2, 0) is 10.3 Å². The van der Waals surface area contributed by atoms with Gasteiger partial charge in [0.25, 0.3) is 0 Å². The zero-order valence-corrected chi connectivity index (χ0v) is 9.30. The number of aromatic nitrogens is 1. The van der Waals surface area contributed by atoms with Crippen molar-refractivity contribution in [1.82, 2.24) is 9.88 Å². The molecule has 1 fully saturated rings. The number of carbonyl (C=O) groups excluding carboxylic acids is 1. The molecule has 1 saturated heterocycles. The van der Waals surface area contributed by atoms with E-state index in [1.807, 2.05) is 11.6 Å². The van der Waals surface area contributed by atoms with Crippen molar-refractivity contribution < 1.29 is 4.79 Å². The lowest BCUT2D eigenvalue weighted by molar-refractivity contribution is -0.117. The molecule has 14 heavy (non-hydrogen) atoms. The van der Waals surface area contributed by atoms with E-state index >= 15 is 0 Å². The monoisotopic (exact) mass is 210 g/mol. The van der Waals surface area contributed by atoms with Gasteiger partial charge < -0.3 is 0 Å². The number of carbonyl (C=O) groups is 1. The molecule has 0 amide bonds. The zero-order valence-electron chi connectivity index (χ0n) is 8.49. The second-order valence-electron chi connectivity index (χ2n) is 4.11. The van der Waals surface area contributed by atoms with Gasteiger partial charge in [-0.1, -0.05) is 0 Å². The molecular formula is C10H14N2OS. The molecule has 1 aliphatic rings. The number of likely N-dealkylation sites (tertiary alicyclic amines) is 1. The van der Waals surface area contributed by atoms with Crippen LogP contribution in [0.2, 0.25) is 0 Å². The third kappa shape index (κ3) is 1.60. The normalized spacial score (nSPS) is 19.1. The molecule has 0 spiro atoms. The van der Waals surface area contributed by atoms with E-state index in [1.54, 1.807) is 11.3 Å². The average molecular weight is 210 g/mol. The summed E-state index contributed by atoms with van der Waals surface area (Å²) in [6, 6.07) is 0. The Kier molecular flexibility index (Phi) is 2.41. The molecular weight excluding hydrogens is 196 g/mol. The molecule has 0 saturated carbocycles. The van der Waals surface area contributed by atoms with Crippen LogP contribution in [0.15, 0.2) is 11.6 Å². The molecule has 76 valence electrons. The Balaban J connectivity index is 2.20. The van der Waals surface area contributed by atoms with E-state index in [0.29, 0.717) is 18.7 Å². The highest BCUT2D eigenvalue weighted by Gasteiger charge is 2.35. The van der Waals surface area contributed by atoms with Crippen LogP contribution in [0.25, 0.3) is 0 Å². The van der Waals surface area contributed by atoms with Crippen molar-refractivity contribution in [2.75, 3.05) is 13.1 Å². The third-order valence-corrected chi connectivity index (χ3v) is 3.86. The van der Waals surface area contributed by atoms with Crippen LogP contribution in [0.1, 0.15) is 25.3 Å². The van der Waals surface area contributed by atoms with Gasteiger partial charge in [0.05, 0.1) is 12.1 Å². The predicted octanol–water partition coefficient (Wildman–Crippen LogP) is 1.65. The van der Waals surface area contributed by atoms with Crippen LogP contribution in [0.5, 0.6) is 0 Å². The first-order valence-corrected chi connectivity index (χ1v) is 5.65. The van der Waals surface area contributed by atoms with E-state index in [4.69, 9.17) is 0 Å². The van der Waals surface area contributed by atoms with Gasteiger partial charge in [-0.05, 0) is 13.8 Å². The summed E-state index contributed by atoms with van der Waals surface area (Å²) in [5, 5.41) is 3.07. The van der Waals surface area contributed by atoms with Gasteiger partial charge in [0.2, 0.25) is 0 Å². The number of rotatable bonds is 2. The maximum atomic E-state index is 11.2. The third-order valence-electron chi connectivity index (χ3n) is 2.77. The van der Waals surface area contributed by atoms with Crippen molar-refractivity contribution in [2.45, 2.75) is 25.8 Å². The van der Waals surface area contributed by atoms with Crippen LogP contribution in [0.4, 0.5) is 0 Å². The Morgan fingerprint density at radius 3 is 2.86 bits per heavy atom. The summed E-state index contributed by atoms with van der Waals surface area (Å²) in [6.07, 6.45) is 2.51. The molecule has 2 rings (SSSR count). The molecule has 0 N–H and O–H groups in total. The van der Waals surface area contributed by atoms with Crippen LogP contribution >= 0.6 is 11.3 Å². The van der Waals surface area contributed by atoms with Gasteiger partial charge in [0.1, 0.15) is 10.8 Å². The maximum absolute atomic E-state index is 11.2. The summed E-state index contributed by atoms with van der Waals surface area (Å²) in [4.78, 5) is 17.7. The first-order chi connectivity index (χ1) is 6.60. The summed E-state index contributed by atoms with van der Waals surface area (Å²) >= 11 is 1.65. The van der Waals surface area contributed by atoms with E-state index in [0.717, 1.165) is 11.6 Å². The van der Waals surface area contributed by atoms with E-state index in [-0.39, 0.29) is 5.54 Å². The van der Waals surface area contributed by atoms with E-state index in [9.17, 15) is 4.79 Å². The SMILES string of the molecule is CC(C)(c1nccs1)N1CCC(=O)C1. The molecule has 0 bridgehead atoms. The fraction of sp³-hybridized carbons (Fsp3) is 0.600. The molecule has 1 aromatic rings. The Bertz CT molecular complexity index is 332. The standard InChI is InChI=1S/C10H14N2OS/c1-10(2,9-11-4-6-14-9)12-5-3-8(13)7-12/h4,6H,3,5,7H2,1-2H3. The number of ketones is 1. The maximum Gasteiger partial charge on any atom is 0.148 e. The minimum atomic E-state index is -0.0969. The summed E-state index contributed by atoms with van der Waals surface area (Å²) in [5.74, 6) is 0.342. The molecule has 0 aromatic carbocycles. The summed E-state index contributed by atoms with van der Waals surface area (Å²) in [5.41, 5.74) is -0.0969. The fourth-order valence-electron chi connectivity index (χ4n) is 1.77. The first-order valence-electron chi connectivity index (χ1n) is 4.77. The Labute approximate surface area is 87.8 Å². The van der Waals surface area contributed by atoms with Gasteiger partial charge in [0.15, 0.2) is 0 Å². The lowest BCUT2D eigenvalue weighted by Crippen LogP contribution is -2.39. The van der Waals surface area contributed by atoms with Crippen molar-refractivity contribution >= 4 is 17.1 Å². The van der Waals surface area contributed by atoms with Crippen LogP contribution < -0.4 is 0 Å². The lowest BCUT2D eigenvalue weighted by Gasteiger charge is -2.32. The first kappa shape index (κ1) is 9.80. The van der Waals surface area contributed by atoms with Crippen LogP contribution in [0.3, 0.4) is 0 Å². The van der Waals surface area contributed by atoms with Crippen molar-refractivity contribution in [3.8, 4) is 0 Å². The molecule has 2 heterocycles. The van der Waals surface area contributed by atoms with E-state index in [2.05, 4.69) is 23.7 Å². The Morgan fingerprint density at radius 2 is 2.36 bits per heavy atom. The summed E-state index contributed by atoms with van der Waals surface area (Å²) in [6.45, 7) is 5.70. The molecule has 0 atom stereocenters.